The third-order valence-corrected chi connectivity index (χ3v) is 3.82. The molecular formula is C17H11N2O5-. The van der Waals surface area contributed by atoms with E-state index in [4.69, 9.17) is 0 Å². The Hall–Kier alpha value is -3.48. The molecule has 2 aromatic carbocycles. The van der Waals surface area contributed by atoms with Crippen LogP contribution >= 0.6 is 0 Å². The number of carbonyl (C=O) groups excluding carboxylic acids is 1. The average Bonchev–Trinajstić information content (AvgIpc) is 2.55. The highest BCUT2D eigenvalue weighted by Crippen LogP contribution is 2.24. The Morgan fingerprint density at radius 1 is 1.12 bits per heavy atom. The van der Waals surface area contributed by atoms with Crippen molar-refractivity contribution in [3.05, 3.63) is 80.1 Å². The number of pyridine rings is 1. The summed E-state index contributed by atoms with van der Waals surface area (Å²) < 4.78 is 1.57. The zero-order chi connectivity index (χ0) is 17.4. The van der Waals surface area contributed by atoms with Gasteiger partial charge in [-0.15, -0.1) is 0 Å². The summed E-state index contributed by atoms with van der Waals surface area (Å²) in [6.07, 6.45) is 0. The van der Waals surface area contributed by atoms with Crippen LogP contribution in [-0.4, -0.2) is 15.5 Å². The molecule has 0 spiro atoms. The fourth-order valence-electron chi connectivity index (χ4n) is 2.76. The molecule has 0 unspecified atom stereocenters. The van der Waals surface area contributed by atoms with E-state index in [1.807, 2.05) is 0 Å². The number of hydrogen-bond acceptors (Lipinski definition) is 5. The van der Waals surface area contributed by atoms with Gasteiger partial charge in [0, 0.05) is 23.5 Å². The molecule has 0 radical (unpaired) electrons. The minimum absolute atomic E-state index is 0.0437. The number of carboxylic acid groups (broad SMARTS) is 1. The van der Waals surface area contributed by atoms with Crippen LogP contribution in [0, 0.1) is 17.0 Å². The van der Waals surface area contributed by atoms with Crippen LogP contribution in [0.25, 0.3) is 16.6 Å². The number of rotatable bonds is 3. The molecular weight excluding hydrogens is 312 g/mol. The van der Waals surface area contributed by atoms with Gasteiger partial charge in [0.05, 0.1) is 27.4 Å². The van der Waals surface area contributed by atoms with Crippen molar-refractivity contribution in [3.8, 4) is 5.69 Å². The molecule has 1 aromatic heterocycles. The number of carboxylic acids is 1. The summed E-state index contributed by atoms with van der Waals surface area (Å²) in [7, 11) is 0. The molecule has 24 heavy (non-hydrogen) atoms. The number of nitro groups is 1. The van der Waals surface area contributed by atoms with Gasteiger partial charge in [-0.1, -0.05) is 18.2 Å². The maximum atomic E-state index is 12.5. The minimum atomic E-state index is -1.62. The van der Waals surface area contributed by atoms with E-state index in [9.17, 15) is 24.8 Å². The number of para-hydroxylation sites is 1. The second-order valence-corrected chi connectivity index (χ2v) is 5.21. The Labute approximate surface area is 135 Å². The van der Waals surface area contributed by atoms with Crippen molar-refractivity contribution in [2.45, 2.75) is 6.92 Å². The Morgan fingerprint density at radius 3 is 2.38 bits per heavy atom. The summed E-state index contributed by atoms with van der Waals surface area (Å²) in [5, 5.41) is 22.4. The summed E-state index contributed by atoms with van der Waals surface area (Å²) in [5.74, 6) is -1.62. The van der Waals surface area contributed by atoms with Crippen LogP contribution in [0.3, 0.4) is 0 Å². The lowest BCUT2D eigenvalue weighted by Gasteiger charge is -2.18. The molecule has 3 aromatic rings. The van der Waals surface area contributed by atoms with Crippen molar-refractivity contribution in [2.75, 3.05) is 0 Å². The van der Waals surface area contributed by atoms with Crippen LogP contribution in [0.4, 0.5) is 5.69 Å². The number of aromatic carboxylic acids is 1. The summed E-state index contributed by atoms with van der Waals surface area (Å²) in [5.41, 5.74) is -0.360. The lowest BCUT2D eigenvalue weighted by atomic mass is 10.1. The Kier molecular flexibility index (Phi) is 3.61. The minimum Gasteiger partial charge on any atom is -0.545 e. The van der Waals surface area contributed by atoms with Gasteiger partial charge in [0.1, 0.15) is 0 Å². The predicted octanol–water partition coefficient (Wildman–Crippen LogP) is 1.57. The predicted molar refractivity (Wildman–Crippen MR) is 85.3 cm³/mol. The van der Waals surface area contributed by atoms with E-state index in [0.29, 0.717) is 11.2 Å². The van der Waals surface area contributed by atoms with E-state index < -0.39 is 21.9 Å². The van der Waals surface area contributed by atoms with Crippen molar-refractivity contribution in [3.63, 3.8) is 0 Å². The molecule has 0 aliphatic rings. The van der Waals surface area contributed by atoms with E-state index in [-0.39, 0.29) is 16.8 Å². The van der Waals surface area contributed by atoms with Gasteiger partial charge < -0.3 is 14.5 Å². The van der Waals surface area contributed by atoms with E-state index in [1.165, 1.54) is 19.1 Å². The third kappa shape index (κ3) is 2.32. The highest BCUT2D eigenvalue weighted by molar-refractivity contribution is 5.94. The quantitative estimate of drug-likeness (QED) is 0.537. The number of nitro benzene ring substituents is 1. The monoisotopic (exact) mass is 323 g/mol. The maximum absolute atomic E-state index is 12.5. The molecule has 0 saturated carbocycles. The molecule has 0 aliphatic carbocycles. The van der Waals surface area contributed by atoms with Gasteiger partial charge in [-0.3, -0.25) is 14.9 Å². The van der Waals surface area contributed by atoms with E-state index in [2.05, 4.69) is 0 Å². The number of hydrogen-bond donors (Lipinski definition) is 0. The van der Waals surface area contributed by atoms with Crippen molar-refractivity contribution in [1.29, 1.82) is 0 Å². The van der Waals surface area contributed by atoms with E-state index >= 15 is 0 Å². The second kappa shape index (κ2) is 5.62. The van der Waals surface area contributed by atoms with Crippen LogP contribution < -0.4 is 10.5 Å². The van der Waals surface area contributed by atoms with Crippen molar-refractivity contribution < 1.29 is 14.8 Å². The van der Waals surface area contributed by atoms with Gasteiger partial charge in [0.25, 0.3) is 5.69 Å². The number of aromatic nitrogens is 1. The zero-order valence-electron chi connectivity index (χ0n) is 12.6. The first-order chi connectivity index (χ1) is 11.4. The molecule has 120 valence electrons. The molecule has 1 heterocycles. The SMILES string of the molecule is Cc1c(C(=O)[O-])c(=O)c2cc([N+](=O)[O-])ccc2n1-c1ccccc1. The van der Waals surface area contributed by atoms with Gasteiger partial charge >= 0.3 is 0 Å². The standard InChI is InChI=1S/C17H12N2O5/c1-10-15(17(21)22)16(20)13-9-12(19(23)24)7-8-14(13)18(10)11-5-3-2-4-6-11/h2-9H,1H3,(H,21,22)/p-1. The molecule has 0 fully saturated rings. The number of carbonyl (C=O) groups is 1. The summed E-state index contributed by atoms with van der Waals surface area (Å²) in [4.78, 5) is 34.3. The lowest BCUT2D eigenvalue weighted by molar-refractivity contribution is -0.384. The molecule has 7 nitrogen and oxygen atoms in total. The number of nitrogens with zero attached hydrogens (tertiary/aromatic N) is 2. The molecule has 0 amide bonds. The van der Waals surface area contributed by atoms with Crippen molar-refractivity contribution in [2.24, 2.45) is 0 Å². The molecule has 7 heteroatoms. The molecule has 0 bridgehead atoms. The van der Waals surface area contributed by atoms with Crippen LogP contribution in [0.2, 0.25) is 0 Å². The Morgan fingerprint density at radius 2 is 1.79 bits per heavy atom. The molecule has 3 rings (SSSR count). The average molecular weight is 323 g/mol. The zero-order valence-corrected chi connectivity index (χ0v) is 12.6. The van der Waals surface area contributed by atoms with Gasteiger partial charge in [-0.05, 0) is 25.1 Å². The second-order valence-electron chi connectivity index (χ2n) is 5.21. The van der Waals surface area contributed by atoms with Crippen LogP contribution in [0.1, 0.15) is 16.1 Å². The Bertz CT molecular complexity index is 1040. The van der Waals surface area contributed by atoms with Crippen LogP contribution in [0.15, 0.2) is 53.3 Å². The number of fused-ring (bicyclic) bond motifs is 1. The smallest absolute Gasteiger partial charge is 0.270 e. The topological polar surface area (TPSA) is 105 Å². The highest BCUT2D eigenvalue weighted by Gasteiger charge is 2.18. The molecule has 0 saturated heterocycles. The van der Waals surface area contributed by atoms with Gasteiger partial charge in [-0.25, -0.2) is 0 Å². The first-order valence-electron chi connectivity index (χ1n) is 7.02. The summed E-state index contributed by atoms with van der Waals surface area (Å²) >= 11 is 0. The van der Waals surface area contributed by atoms with Gasteiger partial charge in [0.2, 0.25) is 0 Å². The Balaban J connectivity index is 2.53. The normalized spacial score (nSPS) is 10.7. The molecule has 0 atom stereocenters. The van der Waals surface area contributed by atoms with Crippen LogP contribution in [0.5, 0.6) is 0 Å². The van der Waals surface area contributed by atoms with E-state index in [1.54, 1.807) is 34.9 Å². The van der Waals surface area contributed by atoms with Gasteiger partial charge in [0.15, 0.2) is 5.43 Å². The van der Waals surface area contributed by atoms with E-state index in [0.717, 1.165) is 6.07 Å². The molecule has 0 aliphatic heterocycles. The lowest BCUT2D eigenvalue weighted by Crippen LogP contribution is -2.32. The van der Waals surface area contributed by atoms with Crippen LogP contribution in [-0.2, 0) is 0 Å². The molecule has 0 N–H and O–H groups in total. The fraction of sp³-hybridized carbons (Fsp3) is 0.0588. The maximum Gasteiger partial charge on any atom is 0.270 e. The number of non-ortho nitro benzene ring substituents is 1. The van der Waals surface area contributed by atoms with Gasteiger partial charge in [-0.2, -0.15) is 0 Å². The van der Waals surface area contributed by atoms with Crippen molar-refractivity contribution >= 4 is 22.6 Å². The largest absolute Gasteiger partial charge is 0.545 e. The number of benzene rings is 2. The summed E-state index contributed by atoms with van der Waals surface area (Å²) in [6, 6.07) is 12.6. The summed E-state index contributed by atoms with van der Waals surface area (Å²) in [6.45, 7) is 1.50. The highest BCUT2D eigenvalue weighted by atomic mass is 16.6. The van der Waals surface area contributed by atoms with Crippen molar-refractivity contribution in [1.82, 2.24) is 4.57 Å². The third-order valence-electron chi connectivity index (χ3n) is 3.82. The first-order valence-corrected chi connectivity index (χ1v) is 7.02. The first kappa shape index (κ1) is 15.4. The fourth-order valence-corrected chi connectivity index (χ4v) is 2.76.